The summed E-state index contributed by atoms with van der Waals surface area (Å²) in [6.07, 6.45) is 8.44. The van der Waals surface area contributed by atoms with Gasteiger partial charge in [-0.25, -0.2) is 9.59 Å². The van der Waals surface area contributed by atoms with Crippen LogP contribution in [0.15, 0.2) is 231 Å². The Kier molecular flexibility index (Phi) is 18.3. The third-order valence-electron chi connectivity index (χ3n) is 18.0. The average Bonchev–Trinajstić information content (AvgIpc) is 1.55. The number of esters is 2. The minimum absolute atomic E-state index is 0.250. The Balaban J connectivity index is 1.30. The highest BCUT2D eigenvalue weighted by Crippen LogP contribution is 2.52. The van der Waals surface area contributed by atoms with Crippen LogP contribution in [0.4, 0.5) is 45.5 Å². The van der Waals surface area contributed by atoms with Gasteiger partial charge in [0.2, 0.25) is 0 Å². The fourth-order valence-electron chi connectivity index (χ4n) is 12.3. The Labute approximate surface area is 556 Å². The van der Waals surface area contributed by atoms with Crippen LogP contribution in [0.2, 0.25) is 0 Å². The summed E-state index contributed by atoms with van der Waals surface area (Å²) in [6, 6.07) is 71.6. The maximum Gasteiger partial charge on any atom is 0.340 e. The summed E-state index contributed by atoms with van der Waals surface area (Å²) in [5.41, 5.74) is 17.1. The Hall–Kier alpha value is -10.7. The van der Waals surface area contributed by atoms with Gasteiger partial charge in [-0.1, -0.05) is 97.1 Å². The van der Waals surface area contributed by atoms with E-state index in [4.69, 9.17) is 9.47 Å². The van der Waals surface area contributed by atoms with Crippen molar-refractivity contribution in [1.82, 2.24) is 0 Å². The maximum atomic E-state index is 15.6. The molecule has 0 unspecified atom stereocenters. The molecule has 478 valence electrons. The second-order valence-electron chi connectivity index (χ2n) is 26.1. The third kappa shape index (κ3) is 13.2. The summed E-state index contributed by atoms with van der Waals surface area (Å²) in [4.78, 5) is 47.9. The molecule has 2 aliphatic rings. The zero-order chi connectivity index (χ0) is 66.9. The molecule has 0 amide bonds. The molecular formula is C82H86N8O4. The molecule has 9 aromatic carbocycles. The molecule has 0 saturated carbocycles. The standard InChI is InChI=1S/C82H86N8O4/c1-83(2)63-33-17-55(18-34-63)73(56-19-35-64(36-20-56)84(3)4)51-81(52-74(57-21-37-65(38-22-57)85(5)6)58-23-39-66(40-24-58)86(7)8)77-50-78-72(49-71(77)79(91)93-81)80(92)94-82(78,53-75(59-25-41-67(42-26-59)87(9)10)60-27-43-68(44-28-60)88(11)12)54-76(61-29-45-69(46-30-61)89(13)14)62-31-47-70(48-32-62)90(15)16/h17-54H,1-16H3. The number of fused-ring (bicyclic) bond motifs is 2. The summed E-state index contributed by atoms with van der Waals surface area (Å²) in [5.74, 6) is -1.16. The zero-order valence-corrected chi connectivity index (χ0v) is 57.2. The molecule has 0 fully saturated rings. The molecule has 11 rings (SSSR count). The Morgan fingerprint density at radius 1 is 0.245 bits per heavy atom. The second kappa shape index (κ2) is 26.5. The third-order valence-corrected chi connectivity index (χ3v) is 18.0. The van der Waals surface area contributed by atoms with Gasteiger partial charge in [-0.05, 0) is 200 Å². The lowest BCUT2D eigenvalue weighted by Crippen LogP contribution is -2.25. The number of rotatable bonds is 20. The van der Waals surface area contributed by atoms with Crippen molar-refractivity contribution in [3.63, 3.8) is 0 Å². The normalized spacial score (nSPS) is 13.1. The summed E-state index contributed by atoms with van der Waals surface area (Å²) < 4.78 is 14.5. The van der Waals surface area contributed by atoms with E-state index in [0.717, 1.165) is 112 Å². The molecule has 2 aliphatic heterocycles. The molecule has 0 radical (unpaired) electrons. The molecule has 0 spiro atoms. The molecule has 9 aromatic rings. The number of benzene rings is 9. The van der Waals surface area contributed by atoms with Crippen molar-refractivity contribution in [2.45, 2.75) is 11.2 Å². The van der Waals surface area contributed by atoms with Crippen molar-refractivity contribution in [3.05, 3.63) is 297 Å². The molecule has 0 aliphatic carbocycles. The summed E-state index contributed by atoms with van der Waals surface area (Å²) in [5, 5.41) is 0. The highest BCUT2D eigenvalue weighted by molar-refractivity contribution is 6.04. The van der Waals surface area contributed by atoms with Gasteiger partial charge in [-0.3, -0.25) is 0 Å². The largest absolute Gasteiger partial charge is 0.442 e. The predicted molar refractivity (Wildman–Crippen MR) is 395 cm³/mol. The number of ether oxygens (including phenoxy) is 2. The van der Waals surface area contributed by atoms with Gasteiger partial charge in [0.25, 0.3) is 0 Å². The molecule has 94 heavy (non-hydrogen) atoms. The van der Waals surface area contributed by atoms with E-state index in [1.165, 1.54) is 0 Å². The van der Waals surface area contributed by atoms with Gasteiger partial charge in [0, 0.05) is 169 Å². The Bertz CT molecular complexity index is 3620. The first-order valence-corrected chi connectivity index (χ1v) is 31.7. The molecular weight excluding hydrogens is 1160 g/mol. The van der Waals surface area contributed by atoms with Crippen LogP contribution in [-0.4, -0.2) is 125 Å². The van der Waals surface area contributed by atoms with Gasteiger partial charge in [-0.15, -0.1) is 0 Å². The summed E-state index contributed by atoms with van der Waals surface area (Å²) in [7, 11) is 32.5. The van der Waals surface area contributed by atoms with Gasteiger partial charge in [-0.2, -0.15) is 0 Å². The van der Waals surface area contributed by atoms with Crippen molar-refractivity contribution in [3.8, 4) is 0 Å². The van der Waals surface area contributed by atoms with Crippen molar-refractivity contribution in [1.29, 1.82) is 0 Å². The summed E-state index contributed by atoms with van der Waals surface area (Å²) in [6.45, 7) is 0. The van der Waals surface area contributed by atoms with Crippen LogP contribution < -0.4 is 39.2 Å². The van der Waals surface area contributed by atoms with Crippen LogP contribution in [0.25, 0.3) is 22.3 Å². The molecule has 0 N–H and O–H groups in total. The van der Waals surface area contributed by atoms with Gasteiger partial charge >= 0.3 is 11.9 Å². The van der Waals surface area contributed by atoms with Crippen LogP contribution in [-0.2, 0) is 20.7 Å². The number of cyclic esters (lactones) is 2. The first-order valence-electron chi connectivity index (χ1n) is 31.7. The molecule has 0 saturated heterocycles. The van der Waals surface area contributed by atoms with E-state index in [1.807, 2.05) is 119 Å². The number of nitrogens with zero attached hydrogens (tertiary/aromatic N) is 8. The van der Waals surface area contributed by atoms with Crippen LogP contribution >= 0.6 is 0 Å². The topological polar surface area (TPSA) is 78.5 Å². The molecule has 0 bridgehead atoms. The van der Waals surface area contributed by atoms with Gasteiger partial charge in [0.05, 0.1) is 11.1 Å². The van der Waals surface area contributed by atoms with Crippen LogP contribution in [0.3, 0.4) is 0 Å². The number of hydrogen-bond donors (Lipinski definition) is 0. The van der Waals surface area contributed by atoms with Crippen LogP contribution in [0.1, 0.15) is 76.4 Å². The van der Waals surface area contributed by atoms with Crippen molar-refractivity contribution < 1.29 is 19.1 Å². The monoisotopic (exact) mass is 1250 g/mol. The van der Waals surface area contributed by atoms with E-state index in [1.54, 1.807) is 6.07 Å². The Morgan fingerprint density at radius 3 is 0.532 bits per heavy atom. The lowest BCUT2D eigenvalue weighted by atomic mass is 9.78. The first-order chi connectivity index (χ1) is 44.9. The SMILES string of the molecule is CN(C)c1ccc(C(=CC2(C=C(c3ccc(N(C)C)cc3)c3ccc(N(C)C)cc3)OC(=O)c3cc4c(cc32)C(C=C(c2ccc(N(C)C)cc2)c2ccc(N(C)C)cc2)(C=C(c2ccc(N(C)C)cc2)c2ccc(N(C)C)cc2)OC4=O)c2ccc(N(C)C)cc2)cc1. The molecule has 0 atom stereocenters. The van der Waals surface area contributed by atoms with E-state index in [-0.39, 0.29) is 11.1 Å². The van der Waals surface area contributed by atoms with Gasteiger partial charge in [0.15, 0.2) is 11.2 Å². The van der Waals surface area contributed by atoms with Crippen molar-refractivity contribution in [2.75, 3.05) is 152 Å². The molecule has 12 heteroatoms. The van der Waals surface area contributed by atoms with Gasteiger partial charge in [0.1, 0.15) is 0 Å². The zero-order valence-electron chi connectivity index (χ0n) is 57.2. The van der Waals surface area contributed by atoms with E-state index >= 15 is 9.59 Å². The number of carbonyl (C=O) groups excluding carboxylic acids is 2. The highest BCUT2D eigenvalue weighted by atomic mass is 16.6. The minimum Gasteiger partial charge on any atom is -0.442 e. The number of anilines is 8. The maximum absolute atomic E-state index is 15.6. The van der Waals surface area contributed by atoms with Crippen LogP contribution in [0.5, 0.6) is 0 Å². The highest BCUT2D eigenvalue weighted by Gasteiger charge is 2.50. The molecule has 12 nitrogen and oxygen atoms in total. The fraction of sp³-hybridized carbons (Fsp3) is 0.220. The predicted octanol–water partition coefficient (Wildman–Crippen LogP) is 15.5. The number of carbonyl (C=O) groups is 2. The van der Waals surface area contributed by atoms with Gasteiger partial charge < -0.3 is 48.7 Å². The minimum atomic E-state index is -1.66. The van der Waals surface area contributed by atoms with E-state index in [0.29, 0.717) is 11.1 Å². The van der Waals surface area contributed by atoms with E-state index in [9.17, 15) is 0 Å². The fourth-order valence-corrected chi connectivity index (χ4v) is 12.3. The van der Waals surface area contributed by atoms with Crippen LogP contribution in [0, 0.1) is 0 Å². The quantitative estimate of drug-likeness (QED) is 0.0682. The lowest BCUT2D eigenvalue weighted by Gasteiger charge is -2.29. The lowest BCUT2D eigenvalue weighted by molar-refractivity contribution is 0.0294. The Morgan fingerprint density at radius 2 is 0.394 bits per heavy atom. The second-order valence-corrected chi connectivity index (χ2v) is 26.1. The van der Waals surface area contributed by atoms with Crippen molar-refractivity contribution in [2.24, 2.45) is 0 Å². The smallest absolute Gasteiger partial charge is 0.340 e. The number of hydrogen-bond acceptors (Lipinski definition) is 12. The van der Waals surface area contributed by atoms with E-state index in [2.05, 4.69) is 258 Å². The average molecular weight is 1250 g/mol. The summed E-state index contributed by atoms with van der Waals surface area (Å²) >= 11 is 0. The first kappa shape index (κ1) is 64.8. The van der Waals surface area contributed by atoms with E-state index < -0.39 is 23.1 Å². The molecule has 0 aromatic heterocycles. The molecule has 2 heterocycles. The van der Waals surface area contributed by atoms with Crippen molar-refractivity contribution >= 4 is 79.7 Å².